The van der Waals surface area contributed by atoms with Gasteiger partial charge in [0.15, 0.2) is 0 Å². The third kappa shape index (κ3) is 2.36. The number of aromatic nitrogens is 2. The summed E-state index contributed by atoms with van der Waals surface area (Å²) in [5.74, 6) is 0.116. The Morgan fingerprint density at radius 2 is 2.12 bits per heavy atom. The van der Waals surface area contributed by atoms with Gasteiger partial charge in [0.05, 0.1) is 6.54 Å². The van der Waals surface area contributed by atoms with E-state index in [4.69, 9.17) is 11.6 Å². The average Bonchev–Trinajstić information content (AvgIpc) is 2.44. The molecule has 0 unspecified atom stereocenters. The molecule has 6 nitrogen and oxygen atoms in total. The molecule has 0 atom stereocenters. The van der Waals surface area contributed by atoms with Crippen LogP contribution in [0.4, 0.5) is 4.79 Å². The van der Waals surface area contributed by atoms with Crippen molar-refractivity contribution >= 4 is 23.5 Å². The smallest absolute Gasteiger partial charge is 0.318 e. The fourth-order valence-electron chi connectivity index (χ4n) is 1.63. The highest BCUT2D eigenvalue weighted by molar-refractivity contribution is 6.29. The fraction of sp³-hybridized carbons (Fsp3) is 0.400. The van der Waals surface area contributed by atoms with Crippen LogP contribution in [0.2, 0.25) is 5.15 Å². The van der Waals surface area contributed by atoms with E-state index in [9.17, 15) is 9.59 Å². The molecule has 0 aromatic carbocycles. The normalized spacial score (nSPS) is 15.9. The van der Waals surface area contributed by atoms with E-state index in [1.807, 2.05) is 0 Å². The van der Waals surface area contributed by atoms with E-state index in [-0.39, 0.29) is 25.0 Å². The summed E-state index contributed by atoms with van der Waals surface area (Å²) in [4.78, 5) is 33.8. The molecule has 1 aliphatic rings. The van der Waals surface area contributed by atoms with Gasteiger partial charge in [-0.15, -0.1) is 0 Å². The lowest BCUT2D eigenvalue weighted by molar-refractivity contribution is -0.125. The molecule has 1 fully saturated rings. The van der Waals surface area contributed by atoms with Gasteiger partial charge in [-0.25, -0.2) is 14.8 Å². The van der Waals surface area contributed by atoms with E-state index in [1.54, 1.807) is 20.0 Å². The molecule has 0 radical (unpaired) electrons. The van der Waals surface area contributed by atoms with Gasteiger partial charge >= 0.3 is 6.03 Å². The van der Waals surface area contributed by atoms with Gasteiger partial charge < -0.3 is 4.90 Å². The molecule has 0 saturated carbocycles. The predicted molar refractivity (Wildman–Crippen MR) is 60.4 cm³/mol. The van der Waals surface area contributed by atoms with Gasteiger partial charge in [-0.1, -0.05) is 11.6 Å². The van der Waals surface area contributed by atoms with Gasteiger partial charge in [-0.3, -0.25) is 9.69 Å². The average molecular weight is 255 g/mol. The lowest BCUT2D eigenvalue weighted by Crippen LogP contribution is -2.31. The van der Waals surface area contributed by atoms with Crippen LogP contribution in [0.25, 0.3) is 0 Å². The molecule has 3 amide bonds. The van der Waals surface area contributed by atoms with Crippen LogP contribution in [-0.2, 0) is 11.3 Å². The van der Waals surface area contributed by atoms with E-state index in [1.165, 1.54) is 4.90 Å². The van der Waals surface area contributed by atoms with E-state index >= 15 is 0 Å². The number of carbonyl (C=O) groups is 2. The van der Waals surface area contributed by atoms with Crippen molar-refractivity contribution < 1.29 is 9.59 Å². The number of amides is 3. The monoisotopic (exact) mass is 254 g/mol. The quantitative estimate of drug-likeness (QED) is 0.579. The molecule has 0 N–H and O–H groups in total. The highest BCUT2D eigenvalue weighted by atomic mass is 35.5. The standard InChI is InChI=1S/C10H11ClN4O2/c1-6-3-7(11)13-8(12-6)4-15-9(16)5-14(2)10(15)17/h3H,4-5H2,1-2H3. The highest BCUT2D eigenvalue weighted by Crippen LogP contribution is 2.13. The summed E-state index contributed by atoms with van der Waals surface area (Å²) >= 11 is 5.79. The minimum absolute atomic E-state index is 0.0589. The van der Waals surface area contributed by atoms with Gasteiger partial charge in [-0.2, -0.15) is 0 Å². The number of imide groups is 1. The first kappa shape index (κ1) is 11.8. The number of hydrogen-bond donors (Lipinski definition) is 0. The van der Waals surface area contributed by atoms with Crippen LogP contribution in [0.15, 0.2) is 6.07 Å². The lowest BCUT2D eigenvalue weighted by Gasteiger charge is -2.13. The summed E-state index contributed by atoms with van der Waals surface area (Å²) in [7, 11) is 1.57. The van der Waals surface area contributed by atoms with Crippen molar-refractivity contribution in [2.75, 3.05) is 13.6 Å². The summed E-state index contributed by atoms with van der Waals surface area (Å²) < 4.78 is 0. The predicted octanol–water partition coefficient (Wildman–Crippen LogP) is 0.832. The van der Waals surface area contributed by atoms with Crippen molar-refractivity contribution in [3.05, 3.63) is 22.7 Å². The molecule has 17 heavy (non-hydrogen) atoms. The maximum Gasteiger partial charge on any atom is 0.327 e. The number of carbonyl (C=O) groups excluding carboxylic acids is 2. The van der Waals surface area contributed by atoms with Crippen LogP contribution in [0, 0.1) is 6.92 Å². The summed E-state index contributed by atoms with van der Waals surface area (Å²) in [5.41, 5.74) is 0.701. The van der Waals surface area contributed by atoms with Crippen LogP contribution in [-0.4, -0.2) is 45.3 Å². The Bertz CT molecular complexity index is 471. The van der Waals surface area contributed by atoms with Gasteiger partial charge in [0.25, 0.3) is 5.91 Å². The number of hydrogen-bond acceptors (Lipinski definition) is 4. The molecule has 1 aromatic rings. The number of nitrogens with zero attached hydrogens (tertiary/aromatic N) is 4. The largest absolute Gasteiger partial charge is 0.327 e. The summed E-state index contributed by atoms with van der Waals surface area (Å²) in [6.45, 7) is 1.93. The molecule has 90 valence electrons. The van der Waals surface area contributed by atoms with Crippen molar-refractivity contribution in [2.45, 2.75) is 13.5 Å². The third-order valence-corrected chi connectivity index (χ3v) is 2.59. The Balaban J connectivity index is 2.21. The van der Waals surface area contributed by atoms with Crippen LogP contribution in [0.1, 0.15) is 11.5 Å². The second kappa shape index (κ2) is 4.29. The summed E-state index contributed by atoms with van der Waals surface area (Å²) in [6.07, 6.45) is 0. The summed E-state index contributed by atoms with van der Waals surface area (Å²) in [6, 6.07) is 1.28. The maximum absolute atomic E-state index is 11.6. The number of urea groups is 1. The third-order valence-electron chi connectivity index (χ3n) is 2.40. The molecule has 2 rings (SSSR count). The van der Waals surface area contributed by atoms with Crippen molar-refractivity contribution in [2.24, 2.45) is 0 Å². The molecule has 1 saturated heterocycles. The SMILES string of the molecule is Cc1cc(Cl)nc(CN2C(=O)CN(C)C2=O)n1. The topological polar surface area (TPSA) is 66.4 Å². The number of likely N-dealkylation sites (N-methyl/N-ethyl adjacent to an activating group) is 1. The molecular weight excluding hydrogens is 244 g/mol. The zero-order valence-electron chi connectivity index (χ0n) is 9.47. The van der Waals surface area contributed by atoms with Crippen molar-refractivity contribution in [3.63, 3.8) is 0 Å². The molecule has 2 heterocycles. The second-order valence-electron chi connectivity index (χ2n) is 3.87. The van der Waals surface area contributed by atoms with E-state index in [0.29, 0.717) is 16.7 Å². The minimum Gasteiger partial charge on any atom is -0.318 e. The summed E-state index contributed by atoms with van der Waals surface area (Å²) in [5, 5.41) is 0.306. The van der Waals surface area contributed by atoms with Gasteiger partial charge in [0, 0.05) is 12.7 Å². The van der Waals surface area contributed by atoms with Gasteiger partial charge in [0.2, 0.25) is 0 Å². The van der Waals surface area contributed by atoms with Crippen LogP contribution < -0.4 is 0 Å². The van der Waals surface area contributed by atoms with Gasteiger partial charge in [-0.05, 0) is 13.0 Å². The maximum atomic E-state index is 11.6. The lowest BCUT2D eigenvalue weighted by atomic mass is 10.4. The highest BCUT2D eigenvalue weighted by Gasteiger charge is 2.33. The van der Waals surface area contributed by atoms with Crippen LogP contribution in [0.3, 0.4) is 0 Å². The zero-order chi connectivity index (χ0) is 12.6. The number of aryl methyl sites for hydroxylation is 1. The van der Waals surface area contributed by atoms with E-state index in [0.717, 1.165) is 4.90 Å². The van der Waals surface area contributed by atoms with Crippen molar-refractivity contribution in [1.29, 1.82) is 0 Å². The second-order valence-corrected chi connectivity index (χ2v) is 4.25. The number of halogens is 1. The Morgan fingerprint density at radius 1 is 1.41 bits per heavy atom. The van der Waals surface area contributed by atoms with E-state index in [2.05, 4.69) is 9.97 Å². The zero-order valence-corrected chi connectivity index (χ0v) is 10.2. The molecule has 1 aromatic heterocycles. The number of rotatable bonds is 2. The Hall–Kier alpha value is -1.69. The van der Waals surface area contributed by atoms with Crippen LogP contribution in [0.5, 0.6) is 0 Å². The van der Waals surface area contributed by atoms with Crippen LogP contribution >= 0.6 is 11.6 Å². The minimum atomic E-state index is -0.337. The first-order valence-corrected chi connectivity index (χ1v) is 5.40. The molecule has 0 bridgehead atoms. The Labute approximate surface area is 103 Å². The Morgan fingerprint density at radius 3 is 2.65 bits per heavy atom. The molecular formula is C10H11ClN4O2. The first-order chi connectivity index (χ1) is 7.97. The van der Waals surface area contributed by atoms with E-state index < -0.39 is 0 Å². The molecule has 0 spiro atoms. The van der Waals surface area contributed by atoms with Crippen molar-refractivity contribution in [3.8, 4) is 0 Å². The molecule has 0 aliphatic carbocycles. The van der Waals surface area contributed by atoms with Gasteiger partial charge in [0.1, 0.15) is 17.5 Å². The first-order valence-electron chi connectivity index (χ1n) is 5.03. The molecule has 7 heteroatoms. The fourth-order valence-corrected chi connectivity index (χ4v) is 1.88. The Kier molecular flexibility index (Phi) is 2.97. The van der Waals surface area contributed by atoms with Crippen molar-refractivity contribution in [1.82, 2.24) is 19.8 Å². The molecule has 1 aliphatic heterocycles.